The Morgan fingerprint density at radius 1 is 1.08 bits per heavy atom. The molecule has 4 nitrogen and oxygen atoms in total. The van der Waals surface area contributed by atoms with Gasteiger partial charge in [-0.25, -0.2) is 4.99 Å². The summed E-state index contributed by atoms with van der Waals surface area (Å²) in [6, 6.07) is 15.6. The molecular weight excluding hydrogens is 344 g/mol. The third-order valence-electron chi connectivity index (χ3n) is 3.89. The molecule has 1 aliphatic heterocycles. The Morgan fingerprint density at radius 3 is 2.38 bits per heavy atom. The van der Waals surface area contributed by atoms with Crippen molar-refractivity contribution in [1.29, 1.82) is 0 Å². The first-order valence-corrected chi connectivity index (χ1v) is 9.68. The van der Waals surface area contributed by atoms with E-state index >= 15 is 0 Å². The summed E-state index contributed by atoms with van der Waals surface area (Å²) in [6.45, 7) is 6.65. The minimum absolute atomic E-state index is 0.106. The van der Waals surface area contributed by atoms with E-state index in [-0.39, 0.29) is 5.91 Å². The molecule has 134 valence electrons. The average molecular weight is 366 g/mol. The number of hydrogen-bond donors (Lipinski definition) is 0. The van der Waals surface area contributed by atoms with Crippen LogP contribution in [0.5, 0.6) is 5.75 Å². The molecule has 5 heteroatoms. The fourth-order valence-electron chi connectivity index (χ4n) is 2.63. The van der Waals surface area contributed by atoms with E-state index in [0.29, 0.717) is 17.5 Å². The molecular formula is C21H22N2O2S. The van der Waals surface area contributed by atoms with E-state index in [0.717, 1.165) is 22.8 Å². The number of nitrogens with zero attached hydrogens (tertiary/aromatic N) is 2. The summed E-state index contributed by atoms with van der Waals surface area (Å²) < 4.78 is 5.48. The van der Waals surface area contributed by atoms with Crippen LogP contribution in [0.4, 0.5) is 5.69 Å². The summed E-state index contributed by atoms with van der Waals surface area (Å²) in [4.78, 5) is 19.2. The van der Waals surface area contributed by atoms with Gasteiger partial charge in [0.25, 0.3) is 5.91 Å². The lowest BCUT2D eigenvalue weighted by molar-refractivity contribution is -0.113. The zero-order valence-electron chi connectivity index (χ0n) is 15.2. The highest BCUT2D eigenvalue weighted by Gasteiger charge is 2.31. The van der Waals surface area contributed by atoms with Crippen molar-refractivity contribution in [2.24, 2.45) is 4.99 Å². The zero-order valence-corrected chi connectivity index (χ0v) is 16.0. The van der Waals surface area contributed by atoms with E-state index in [1.54, 1.807) is 16.7 Å². The molecule has 0 bridgehead atoms. The maximum Gasteiger partial charge on any atom is 0.283 e. The van der Waals surface area contributed by atoms with Gasteiger partial charge in [0, 0.05) is 0 Å². The van der Waals surface area contributed by atoms with Crippen LogP contribution in [0.3, 0.4) is 0 Å². The molecule has 0 fully saturated rings. The minimum Gasteiger partial charge on any atom is -0.494 e. The number of aliphatic imine (C=N–C) groups is 1. The molecule has 0 aromatic heterocycles. The van der Waals surface area contributed by atoms with Crippen LogP contribution in [-0.4, -0.2) is 23.4 Å². The Labute approximate surface area is 158 Å². The highest BCUT2D eigenvalue weighted by Crippen LogP contribution is 2.30. The van der Waals surface area contributed by atoms with E-state index in [1.807, 2.05) is 68.5 Å². The molecule has 0 aliphatic carbocycles. The first kappa shape index (κ1) is 18.3. The second-order valence-electron chi connectivity index (χ2n) is 5.84. The van der Waals surface area contributed by atoms with E-state index in [4.69, 9.17) is 4.74 Å². The highest BCUT2D eigenvalue weighted by atomic mass is 32.2. The number of aryl methyl sites for hydroxylation is 1. The molecule has 26 heavy (non-hydrogen) atoms. The molecule has 0 unspecified atom stereocenters. The highest BCUT2D eigenvalue weighted by molar-refractivity contribution is 8.14. The van der Waals surface area contributed by atoms with Crippen molar-refractivity contribution >= 4 is 34.6 Å². The Balaban J connectivity index is 1.91. The lowest BCUT2D eigenvalue weighted by atomic mass is 10.1. The summed E-state index contributed by atoms with van der Waals surface area (Å²) >= 11 is 1.56. The average Bonchev–Trinajstić information content (AvgIpc) is 2.94. The SMILES string of the molecule is CCOc1ccc(N2C(=O)/C(=C/c3ccc(C)cc3)N=C2SCC)cc1. The van der Waals surface area contributed by atoms with Crippen molar-refractivity contribution in [2.75, 3.05) is 17.3 Å². The predicted molar refractivity (Wildman–Crippen MR) is 110 cm³/mol. The zero-order chi connectivity index (χ0) is 18.5. The number of ether oxygens (including phenoxy) is 1. The second kappa shape index (κ2) is 8.23. The number of amides is 1. The number of thioether (sulfide) groups is 1. The molecule has 1 amide bonds. The molecule has 0 saturated heterocycles. The van der Waals surface area contributed by atoms with Crippen LogP contribution in [0.25, 0.3) is 6.08 Å². The lowest BCUT2D eigenvalue weighted by Crippen LogP contribution is -2.30. The van der Waals surface area contributed by atoms with Gasteiger partial charge in [-0.05, 0) is 55.5 Å². The molecule has 2 aromatic carbocycles. The van der Waals surface area contributed by atoms with E-state index in [9.17, 15) is 4.79 Å². The molecule has 3 rings (SSSR count). The smallest absolute Gasteiger partial charge is 0.283 e. The molecule has 2 aromatic rings. The van der Waals surface area contributed by atoms with Crippen LogP contribution in [0.1, 0.15) is 25.0 Å². The summed E-state index contributed by atoms with van der Waals surface area (Å²) in [5.74, 6) is 1.53. The Morgan fingerprint density at radius 2 is 1.77 bits per heavy atom. The maximum absolute atomic E-state index is 13.0. The lowest BCUT2D eigenvalue weighted by Gasteiger charge is -2.17. The van der Waals surface area contributed by atoms with Crippen molar-refractivity contribution in [3.63, 3.8) is 0 Å². The summed E-state index contributed by atoms with van der Waals surface area (Å²) in [5, 5.41) is 0.708. The number of amidine groups is 1. The van der Waals surface area contributed by atoms with Crippen LogP contribution in [0.2, 0.25) is 0 Å². The quantitative estimate of drug-likeness (QED) is 0.708. The molecule has 0 N–H and O–H groups in total. The Hall–Kier alpha value is -2.53. The Kier molecular flexibility index (Phi) is 5.78. The molecule has 1 heterocycles. The van der Waals surface area contributed by atoms with Crippen molar-refractivity contribution < 1.29 is 9.53 Å². The van der Waals surface area contributed by atoms with Gasteiger partial charge < -0.3 is 4.74 Å². The van der Waals surface area contributed by atoms with Gasteiger partial charge in [0.05, 0.1) is 12.3 Å². The number of rotatable bonds is 5. The molecule has 0 radical (unpaired) electrons. The van der Waals surface area contributed by atoms with Crippen LogP contribution < -0.4 is 9.64 Å². The topological polar surface area (TPSA) is 41.9 Å². The van der Waals surface area contributed by atoms with Crippen LogP contribution in [0, 0.1) is 6.92 Å². The van der Waals surface area contributed by atoms with Gasteiger partial charge in [-0.1, -0.05) is 48.5 Å². The largest absolute Gasteiger partial charge is 0.494 e. The van der Waals surface area contributed by atoms with Crippen molar-refractivity contribution in [2.45, 2.75) is 20.8 Å². The molecule has 1 aliphatic rings. The number of carbonyl (C=O) groups excluding carboxylic acids is 1. The van der Waals surface area contributed by atoms with Gasteiger partial charge in [0.15, 0.2) is 5.17 Å². The number of hydrogen-bond acceptors (Lipinski definition) is 4. The fraction of sp³-hybridized carbons (Fsp3) is 0.238. The van der Waals surface area contributed by atoms with Gasteiger partial charge in [-0.2, -0.15) is 0 Å². The van der Waals surface area contributed by atoms with Gasteiger partial charge >= 0.3 is 0 Å². The van der Waals surface area contributed by atoms with Crippen molar-refractivity contribution in [3.8, 4) is 5.75 Å². The summed E-state index contributed by atoms with van der Waals surface area (Å²) in [5.41, 5.74) is 3.41. The first-order chi connectivity index (χ1) is 12.6. The molecule has 0 atom stereocenters. The molecule has 0 saturated carbocycles. The second-order valence-corrected chi connectivity index (χ2v) is 7.07. The van der Waals surface area contributed by atoms with Gasteiger partial charge in [-0.15, -0.1) is 0 Å². The third kappa shape index (κ3) is 3.99. The summed E-state index contributed by atoms with van der Waals surface area (Å²) in [7, 11) is 0. The number of carbonyl (C=O) groups is 1. The minimum atomic E-state index is -0.106. The van der Waals surface area contributed by atoms with E-state index in [2.05, 4.69) is 11.9 Å². The van der Waals surface area contributed by atoms with Crippen molar-refractivity contribution in [1.82, 2.24) is 0 Å². The van der Waals surface area contributed by atoms with E-state index < -0.39 is 0 Å². The monoisotopic (exact) mass is 366 g/mol. The first-order valence-electron chi connectivity index (χ1n) is 8.69. The normalized spacial score (nSPS) is 15.5. The Bertz CT molecular complexity index is 839. The van der Waals surface area contributed by atoms with Gasteiger partial charge in [-0.3, -0.25) is 9.69 Å². The number of benzene rings is 2. The third-order valence-corrected chi connectivity index (χ3v) is 4.71. The van der Waals surface area contributed by atoms with Gasteiger partial charge in [0.1, 0.15) is 11.4 Å². The van der Waals surface area contributed by atoms with Gasteiger partial charge in [0.2, 0.25) is 0 Å². The van der Waals surface area contributed by atoms with Crippen molar-refractivity contribution in [3.05, 3.63) is 65.4 Å². The van der Waals surface area contributed by atoms with Crippen LogP contribution >= 0.6 is 11.8 Å². The standard InChI is InChI=1S/C21H22N2O2S/c1-4-25-18-12-10-17(11-13-18)23-20(24)19(22-21(23)26-5-2)14-16-8-6-15(3)7-9-16/h6-14H,4-5H2,1-3H3/b19-14-. The fourth-order valence-corrected chi connectivity index (χ4v) is 3.37. The maximum atomic E-state index is 13.0. The predicted octanol–water partition coefficient (Wildman–Crippen LogP) is 4.89. The number of anilines is 1. The molecule has 0 spiro atoms. The van der Waals surface area contributed by atoms with Crippen LogP contribution in [0.15, 0.2) is 59.2 Å². The summed E-state index contributed by atoms with van der Waals surface area (Å²) in [6.07, 6.45) is 1.84. The van der Waals surface area contributed by atoms with Crippen LogP contribution in [-0.2, 0) is 4.79 Å². The van der Waals surface area contributed by atoms with E-state index in [1.165, 1.54) is 5.56 Å².